The first-order valence-corrected chi connectivity index (χ1v) is 8.13. The molecule has 1 aliphatic heterocycles. The van der Waals surface area contributed by atoms with Crippen LogP contribution in [-0.2, 0) is 20.7 Å². The summed E-state index contributed by atoms with van der Waals surface area (Å²) >= 11 is 0. The topological polar surface area (TPSA) is 92.6 Å². The predicted molar refractivity (Wildman–Crippen MR) is 86.5 cm³/mol. The Morgan fingerprint density at radius 1 is 1.42 bits per heavy atom. The number of nitrogens with one attached hydrogen (secondary N) is 1. The highest BCUT2D eigenvalue weighted by atomic mass is 16.5. The maximum Gasteiger partial charge on any atom is 0.417 e. The molecular formula is C17H20N2O5. The van der Waals surface area contributed by atoms with Crippen LogP contribution in [0.15, 0.2) is 27.4 Å². The Labute approximate surface area is 138 Å². The van der Waals surface area contributed by atoms with Crippen LogP contribution in [0.2, 0.25) is 0 Å². The van der Waals surface area contributed by atoms with Gasteiger partial charge in [-0.15, -0.1) is 0 Å². The molecule has 2 aromatic rings. The highest BCUT2D eigenvalue weighted by Crippen LogP contribution is 2.20. The Morgan fingerprint density at radius 3 is 3.04 bits per heavy atom. The summed E-state index contributed by atoms with van der Waals surface area (Å²) in [6.45, 7) is 3.19. The molecule has 1 unspecified atom stereocenters. The summed E-state index contributed by atoms with van der Waals surface area (Å²) in [6, 6.07) is 5.18. The Hall–Kier alpha value is -2.57. The van der Waals surface area contributed by atoms with E-state index in [0.717, 1.165) is 18.4 Å². The van der Waals surface area contributed by atoms with Crippen LogP contribution in [0, 0.1) is 5.92 Å². The van der Waals surface area contributed by atoms with E-state index in [-0.39, 0.29) is 24.2 Å². The molecular weight excluding hydrogens is 312 g/mol. The SMILES string of the molecule is CCOC(=O)C1CCCN(C(=O)Cc2ccc3oc(=O)[nH]c3c2)C1. The number of benzene rings is 1. The molecule has 7 nitrogen and oxygen atoms in total. The molecule has 0 aliphatic carbocycles. The van der Waals surface area contributed by atoms with Gasteiger partial charge in [0, 0.05) is 13.1 Å². The fourth-order valence-corrected chi connectivity index (χ4v) is 3.05. The molecule has 0 radical (unpaired) electrons. The summed E-state index contributed by atoms with van der Waals surface area (Å²) in [5.41, 5.74) is 1.84. The molecule has 1 amide bonds. The van der Waals surface area contributed by atoms with Crippen molar-refractivity contribution >= 4 is 23.0 Å². The Morgan fingerprint density at radius 2 is 2.25 bits per heavy atom. The van der Waals surface area contributed by atoms with Crippen molar-refractivity contribution in [3.63, 3.8) is 0 Å². The van der Waals surface area contributed by atoms with Gasteiger partial charge in [-0.3, -0.25) is 14.6 Å². The van der Waals surface area contributed by atoms with Crippen LogP contribution in [0.3, 0.4) is 0 Å². The third-order valence-electron chi connectivity index (χ3n) is 4.23. The van der Waals surface area contributed by atoms with Gasteiger partial charge in [-0.1, -0.05) is 6.07 Å². The lowest BCUT2D eigenvalue weighted by Crippen LogP contribution is -2.43. The minimum Gasteiger partial charge on any atom is -0.466 e. The average Bonchev–Trinajstić information content (AvgIpc) is 2.94. The second kappa shape index (κ2) is 6.90. The highest BCUT2D eigenvalue weighted by molar-refractivity contribution is 5.82. The number of ether oxygens (including phenoxy) is 1. The van der Waals surface area contributed by atoms with Gasteiger partial charge >= 0.3 is 11.7 Å². The lowest BCUT2D eigenvalue weighted by Gasteiger charge is -2.31. The monoisotopic (exact) mass is 332 g/mol. The van der Waals surface area contributed by atoms with Crippen LogP contribution >= 0.6 is 0 Å². The number of aromatic nitrogens is 1. The number of likely N-dealkylation sites (tertiary alicyclic amines) is 1. The van der Waals surface area contributed by atoms with E-state index in [2.05, 4.69) is 4.98 Å². The van der Waals surface area contributed by atoms with Crippen LogP contribution in [0.1, 0.15) is 25.3 Å². The van der Waals surface area contributed by atoms with Gasteiger partial charge in [0.2, 0.25) is 5.91 Å². The first kappa shape index (κ1) is 16.3. The molecule has 1 saturated heterocycles. The van der Waals surface area contributed by atoms with Gasteiger partial charge in [0.15, 0.2) is 5.58 Å². The second-order valence-corrected chi connectivity index (χ2v) is 5.95. The minimum atomic E-state index is -0.512. The third kappa shape index (κ3) is 3.50. The van der Waals surface area contributed by atoms with E-state index in [4.69, 9.17) is 9.15 Å². The molecule has 0 spiro atoms. The van der Waals surface area contributed by atoms with E-state index in [1.165, 1.54) is 0 Å². The molecule has 1 fully saturated rings. The number of rotatable bonds is 4. The maximum absolute atomic E-state index is 12.5. The molecule has 128 valence electrons. The van der Waals surface area contributed by atoms with Crippen LogP contribution in [-0.4, -0.2) is 41.5 Å². The summed E-state index contributed by atoms with van der Waals surface area (Å²) in [5, 5.41) is 0. The number of hydrogen-bond donors (Lipinski definition) is 1. The molecule has 3 rings (SSSR count). The van der Waals surface area contributed by atoms with E-state index in [1.54, 1.807) is 30.0 Å². The molecule has 1 aromatic heterocycles. The summed E-state index contributed by atoms with van der Waals surface area (Å²) in [5.74, 6) is -1.02. The van der Waals surface area contributed by atoms with Crippen molar-refractivity contribution in [2.24, 2.45) is 5.92 Å². The predicted octanol–water partition coefficient (Wildman–Crippen LogP) is 1.47. The molecule has 24 heavy (non-hydrogen) atoms. The van der Waals surface area contributed by atoms with Gasteiger partial charge in [0.25, 0.3) is 0 Å². The molecule has 0 saturated carbocycles. The van der Waals surface area contributed by atoms with Gasteiger partial charge in [0.1, 0.15) is 0 Å². The Balaban J connectivity index is 1.66. The molecule has 7 heteroatoms. The zero-order valence-electron chi connectivity index (χ0n) is 13.5. The van der Waals surface area contributed by atoms with Crippen LogP contribution in [0.4, 0.5) is 0 Å². The number of nitrogens with zero attached hydrogens (tertiary/aromatic N) is 1. The highest BCUT2D eigenvalue weighted by Gasteiger charge is 2.29. The average molecular weight is 332 g/mol. The number of oxazole rings is 1. The Bertz CT molecular complexity index is 807. The number of carbonyl (C=O) groups is 2. The van der Waals surface area contributed by atoms with E-state index in [9.17, 15) is 14.4 Å². The van der Waals surface area contributed by atoms with Crippen LogP contribution < -0.4 is 5.76 Å². The van der Waals surface area contributed by atoms with Gasteiger partial charge in [-0.05, 0) is 37.5 Å². The number of hydrogen-bond acceptors (Lipinski definition) is 5. The van der Waals surface area contributed by atoms with Gasteiger partial charge in [0.05, 0.1) is 24.5 Å². The van der Waals surface area contributed by atoms with Crippen molar-refractivity contribution in [1.82, 2.24) is 9.88 Å². The number of piperidine rings is 1. The number of amides is 1. The van der Waals surface area contributed by atoms with Crippen molar-refractivity contribution in [2.45, 2.75) is 26.2 Å². The van der Waals surface area contributed by atoms with Gasteiger partial charge < -0.3 is 14.1 Å². The largest absolute Gasteiger partial charge is 0.466 e. The van der Waals surface area contributed by atoms with Crippen LogP contribution in [0.5, 0.6) is 0 Å². The zero-order valence-corrected chi connectivity index (χ0v) is 13.5. The molecule has 1 aromatic carbocycles. The number of esters is 1. The summed E-state index contributed by atoms with van der Waals surface area (Å²) in [7, 11) is 0. The van der Waals surface area contributed by atoms with E-state index >= 15 is 0 Å². The lowest BCUT2D eigenvalue weighted by atomic mass is 9.97. The first-order chi connectivity index (χ1) is 11.6. The summed E-state index contributed by atoms with van der Waals surface area (Å²) < 4.78 is 10.0. The molecule has 1 aliphatic rings. The number of carbonyl (C=O) groups excluding carboxylic acids is 2. The van der Waals surface area contributed by atoms with Crippen molar-refractivity contribution in [3.8, 4) is 0 Å². The maximum atomic E-state index is 12.5. The minimum absolute atomic E-state index is 0.0332. The standard InChI is InChI=1S/C17H20N2O5/c1-2-23-16(21)12-4-3-7-19(10-12)15(20)9-11-5-6-14-13(8-11)18-17(22)24-14/h5-6,8,12H,2-4,7,9-10H2,1H3,(H,18,22). The lowest BCUT2D eigenvalue weighted by molar-refractivity contribution is -0.151. The van der Waals surface area contributed by atoms with Gasteiger partial charge in [-0.25, -0.2) is 4.79 Å². The number of fused-ring (bicyclic) bond motifs is 1. The number of aromatic amines is 1. The first-order valence-electron chi connectivity index (χ1n) is 8.13. The summed E-state index contributed by atoms with van der Waals surface area (Å²) in [6.07, 6.45) is 1.77. The Kier molecular flexibility index (Phi) is 4.69. The third-order valence-corrected chi connectivity index (χ3v) is 4.23. The zero-order chi connectivity index (χ0) is 17.1. The normalized spacial score (nSPS) is 17.9. The van der Waals surface area contributed by atoms with Crippen molar-refractivity contribution in [1.29, 1.82) is 0 Å². The molecule has 1 N–H and O–H groups in total. The van der Waals surface area contributed by atoms with E-state index < -0.39 is 5.76 Å². The fraction of sp³-hybridized carbons (Fsp3) is 0.471. The fourth-order valence-electron chi connectivity index (χ4n) is 3.05. The smallest absolute Gasteiger partial charge is 0.417 e. The van der Waals surface area contributed by atoms with Crippen LogP contribution in [0.25, 0.3) is 11.1 Å². The quantitative estimate of drug-likeness (QED) is 0.856. The van der Waals surface area contributed by atoms with E-state index in [1.807, 2.05) is 0 Å². The summed E-state index contributed by atoms with van der Waals surface area (Å²) in [4.78, 5) is 39.9. The molecule has 0 bridgehead atoms. The van der Waals surface area contributed by atoms with Crippen molar-refractivity contribution in [2.75, 3.05) is 19.7 Å². The number of H-pyrrole nitrogens is 1. The van der Waals surface area contributed by atoms with Gasteiger partial charge in [-0.2, -0.15) is 0 Å². The molecule has 2 heterocycles. The van der Waals surface area contributed by atoms with E-state index in [0.29, 0.717) is 30.8 Å². The second-order valence-electron chi connectivity index (χ2n) is 5.95. The molecule has 1 atom stereocenters. The van der Waals surface area contributed by atoms with Crippen molar-refractivity contribution < 1.29 is 18.7 Å². The van der Waals surface area contributed by atoms with Crippen molar-refractivity contribution in [3.05, 3.63) is 34.3 Å².